The number of aryl methyl sites for hydroxylation is 2. The number of ether oxygens (including phenoxy) is 1. The summed E-state index contributed by atoms with van der Waals surface area (Å²) in [4.78, 5) is 16.3. The van der Waals surface area contributed by atoms with E-state index >= 15 is 0 Å². The van der Waals surface area contributed by atoms with E-state index in [1.165, 1.54) is 0 Å². The van der Waals surface area contributed by atoms with Crippen LogP contribution in [0.15, 0.2) is 4.99 Å². The van der Waals surface area contributed by atoms with E-state index < -0.39 is 11.7 Å². The first-order chi connectivity index (χ1) is 12.4. The Labute approximate surface area is 163 Å². The highest BCUT2D eigenvalue weighted by molar-refractivity contribution is 5.79. The van der Waals surface area contributed by atoms with Crippen LogP contribution in [0.3, 0.4) is 0 Å². The van der Waals surface area contributed by atoms with Crippen LogP contribution in [0, 0.1) is 19.8 Å². The molecule has 0 radical (unpaired) electrons. The fraction of sp³-hybridized carbons (Fsp3) is 0.737. The standard InChI is InChI=1S/C19H36N6O2/c1-12(2)16(23-18(26)27-19(5,6)7)11-22-17(20-8)21-10-15-13(3)24-25(9)14(15)4/h12,16H,10-11H2,1-9H3,(H,23,26)(H2,20,21,22). The molecule has 1 atom stereocenters. The highest BCUT2D eigenvalue weighted by Gasteiger charge is 2.21. The highest BCUT2D eigenvalue weighted by Crippen LogP contribution is 2.11. The van der Waals surface area contributed by atoms with E-state index in [0.29, 0.717) is 19.0 Å². The van der Waals surface area contributed by atoms with Crippen LogP contribution in [0.2, 0.25) is 0 Å². The van der Waals surface area contributed by atoms with Crippen molar-refractivity contribution in [1.82, 2.24) is 25.7 Å². The monoisotopic (exact) mass is 380 g/mol. The summed E-state index contributed by atoms with van der Waals surface area (Å²) in [6, 6.07) is -0.0831. The van der Waals surface area contributed by atoms with Crippen molar-refractivity contribution in [3.63, 3.8) is 0 Å². The van der Waals surface area contributed by atoms with Gasteiger partial charge in [0.1, 0.15) is 5.60 Å². The predicted octanol–water partition coefficient (Wildman–Crippen LogP) is 2.25. The molecular formula is C19H36N6O2. The Kier molecular flexibility index (Phi) is 8.12. The number of nitrogens with zero attached hydrogens (tertiary/aromatic N) is 3. The summed E-state index contributed by atoms with van der Waals surface area (Å²) in [6.07, 6.45) is -0.410. The number of aromatic nitrogens is 2. The van der Waals surface area contributed by atoms with E-state index in [4.69, 9.17) is 4.74 Å². The Bertz CT molecular complexity index is 658. The van der Waals surface area contributed by atoms with Crippen LogP contribution in [0.5, 0.6) is 0 Å². The smallest absolute Gasteiger partial charge is 0.407 e. The molecule has 0 aliphatic carbocycles. The number of hydrogen-bond acceptors (Lipinski definition) is 4. The van der Waals surface area contributed by atoms with Gasteiger partial charge in [-0.15, -0.1) is 0 Å². The number of alkyl carbamates (subject to hydrolysis) is 1. The van der Waals surface area contributed by atoms with Crippen molar-refractivity contribution in [2.45, 2.75) is 66.7 Å². The molecule has 1 amide bonds. The molecule has 27 heavy (non-hydrogen) atoms. The van der Waals surface area contributed by atoms with Crippen molar-refractivity contribution in [3.05, 3.63) is 17.0 Å². The molecule has 1 heterocycles. The van der Waals surface area contributed by atoms with Crippen LogP contribution in [0.4, 0.5) is 4.79 Å². The number of carbonyl (C=O) groups is 1. The summed E-state index contributed by atoms with van der Waals surface area (Å²) < 4.78 is 7.23. The SMILES string of the molecule is CN=C(NCc1c(C)nn(C)c1C)NCC(NC(=O)OC(C)(C)C)C(C)C. The second-order valence-corrected chi connectivity index (χ2v) is 8.08. The maximum absolute atomic E-state index is 12.1. The Hall–Kier alpha value is -2.25. The van der Waals surface area contributed by atoms with Crippen molar-refractivity contribution in [2.24, 2.45) is 18.0 Å². The fourth-order valence-corrected chi connectivity index (χ4v) is 2.58. The van der Waals surface area contributed by atoms with E-state index in [2.05, 4.69) is 39.9 Å². The second-order valence-electron chi connectivity index (χ2n) is 8.08. The molecule has 0 bridgehead atoms. The molecule has 0 aliphatic heterocycles. The minimum Gasteiger partial charge on any atom is -0.444 e. The zero-order valence-corrected chi connectivity index (χ0v) is 18.2. The average molecular weight is 381 g/mol. The molecule has 0 aromatic carbocycles. The van der Waals surface area contributed by atoms with Gasteiger partial charge < -0.3 is 20.7 Å². The van der Waals surface area contributed by atoms with Gasteiger partial charge in [-0.05, 0) is 40.5 Å². The zero-order valence-electron chi connectivity index (χ0n) is 18.2. The topological polar surface area (TPSA) is 92.6 Å². The van der Waals surface area contributed by atoms with Gasteiger partial charge in [-0.25, -0.2) is 4.79 Å². The molecule has 0 saturated heterocycles. The summed E-state index contributed by atoms with van der Waals surface area (Å²) in [5.41, 5.74) is 2.77. The van der Waals surface area contributed by atoms with Gasteiger partial charge in [-0.3, -0.25) is 9.67 Å². The molecule has 0 aliphatic rings. The van der Waals surface area contributed by atoms with Crippen molar-refractivity contribution in [1.29, 1.82) is 0 Å². The lowest BCUT2D eigenvalue weighted by atomic mass is 10.0. The van der Waals surface area contributed by atoms with Crippen molar-refractivity contribution in [2.75, 3.05) is 13.6 Å². The van der Waals surface area contributed by atoms with E-state index in [9.17, 15) is 4.79 Å². The normalized spacial score (nSPS) is 13.5. The van der Waals surface area contributed by atoms with Gasteiger partial charge >= 0.3 is 6.09 Å². The summed E-state index contributed by atoms with van der Waals surface area (Å²) >= 11 is 0. The lowest BCUT2D eigenvalue weighted by Gasteiger charge is -2.26. The van der Waals surface area contributed by atoms with Gasteiger partial charge in [0.25, 0.3) is 0 Å². The van der Waals surface area contributed by atoms with Gasteiger partial charge in [-0.1, -0.05) is 13.8 Å². The maximum atomic E-state index is 12.1. The van der Waals surface area contributed by atoms with Gasteiger partial charge in [0.05, 0.1) is 11.7 Å². The first-order valence-electron chi connectivity index (χ1n) is 9.37. The fourth-order valence-electron chi connectivity index (χ4n) is 2.58. The van der Waals surface area contributed by atoms with E-state index in [1.807, 2.05) is 46.3 Å². The van der Waals surface area contributed by atoms with Gasteiger partial charge in [-0.2, -0.15) is 5.10 Å². The number of carbonyl (C=O) groups excluding carboxylic acids is 1. The number of nitrogens with one attached hydrogen (secondary N) is 3. The van der Waals surface area contributed by atoms with Crippen molar-refractivity contribution >= 4 is 12.1 Å². The molecule has 0 fully saturated rings. The molecule has 1 unspecified atom stereocenters. The van der Waals surface area contributed by atoms with Crippen molar-refractivity contribution < 1.29 is 9.53 Å². The minimum absolute atomic E-state index is 0.0831. The molecule has 8 nitrogen and oxygen atoms in total. The van der Waals surface area contributed by atoms with Crippen LogP contribution in [-0.2, 0) is 18.3 Å². The molecule has 0 saturated carbocycles. The lowest BCUT2D eigenvalue weighted by Crippen LogP contribution is -2.50. The Morgan fingerprint density at radius 3 is 2.33 bits per heavy atom. The lowest BCUT2D eigenvalue weighted by molar-refractivity contribution is 0.0491. The Balaban J connectivity index is 2.61. The number of hydrogen-bond donors (Lipinski definition) is 3. The quantitative estimate of drug-likeness (QED) is 0.520. The predicted molar refractivity (Wildman–Crippen MR) is 109 cm³/mol. The van der Waals surface area contributed by atoms with Crippen LogP contribution in [-0.4, -0.2) is 47.1 Å². The molecule has 1 aromatic rings. The van der Waals surface area contributed by atoms with Gasteiger partial charge in [0.15, 0.2) is 5.96 Å². The van der Waals surface area contributed by atoms with Crippen molar-refractivity contribution in [3.8, 4) is 0 Å². The summed E-state index contributed by atoms with van der Waals surface area (Å²) in [5, 5.41) is 13.9. The van der Waals surface area contributed by atoms with E-state index in [0.717, 1.165) is 17.0 Å². The first kappa shape index (κ1) is 22.8. The largest absolute Gasteiger partial charge is 0.444 e. The second kappa shape index (κ2) is 9.62. The van der Waals surface area contributed by atoms with Crippen LogP contribution in [0.25, 0.3) is 0 Å². The van der Waals surface area contributed by atoms with E-state index in [1.54, 1.807) is 7.05 Å². The molecule has 3 N–H and O–H groups in total. The van der Waals surface area contributed by atoms with Gasteiger partial charge in [0.2, 0.25) is 0 Å². The summed E-state index contributed by atoms with van der Waals surface area (Å²) in [5.74, 6) is 0.917. The molecule has 8 heteroatoms. The third-order valence-electron chi connectivity index (χ3n) is 4.31. The van der Waals surface area contributed by atoms with E-state index in [-0.39, 0.29) is 12.0 Å². The highest BCUT2D eigenvalue weighted by atomic mass is 16.6. The molecular weight excluding hydrogens is 344 g/mol. The number of amides is 1. The Morgan fingerprint density at radius 2 is 1.89 bits per heavy atom. The summed E-state index contributed by atoms with van der Waals surface area (Å²) in [6.45, 7) is 14.9. The average Bonchev–Trinajstić information content (AvgIpc) is 2.77. The summed E-state index contributed by atoms with van der Waals surface area (Å²) in [7, 11) is 3.67. The van der Waals surface area contributed by atoms with Gasteiger partial charge in [0, 0.05) is 38.4 Å². The molecule has 1 rings (SSSR count). The number of guanidine groups is 1. The number of rotatable bonds is 6. The molecule has 1 aromatic heterocycles. The Morgan fingerprint density at radius 1 is 1.26 bits per heavy atom. The number of aliphatic imine (C=N–C) groups is 1. The zero-order chi connectivity index (χ0) is 20.8. The molecule has 154 valence electrons. The third-order valence-corrected chi connectivity index (χ3v) is 4.31. The first-order valence-corrected chi connectivity index (χ1v) is 9.37. The van der Waals surface area contributed by atoms with Crippen LogP contribution >= 0.6 is 0 Å². The maximum Gasteiger partial charge on any atom is 0.407 e. The van der Waals surface area contributed by atoms with Crippen LogP contribution in [0.1, 0.15) is 51.6 Å². The third kappa shape index (κ3) is 7.48. The molecule has 0 spiro atoms. The van der Waals surface area contributed by atoms with Crippen LogP contribution < -0.4 is 16.0 Å². The minimum atomic E-state index is -0.518.